The predicted octanol–water partition coefficient (Wildman–Crippen LogP) is 2.85. The maximum atomic E-state index is 11.4. The SMILES string of the molecule is COC(=O)N1C=CC(Cc2ccccc2)C(C#N)=C1. The van der Waals surface area contributed by atoms with Crippen LogP contribution in [0.3, 0.4) is 0 Å². The zero-order chi connectivity index (χ0) is 13.7. The molecule has 0 saturated carbocycles. The van der Waals surface area contributed by atoms with Crippen LogP contribution in [0.4, 0.5) is 4.79 Å². The molecule has 19 heavy (non-hydrogen) atoms. The molecule has 1 atom stereocenters. The van der Waals surface area contributed by atoms with Crippen LogP contribution < -0.4 is 0 Å². The number of hydrogen-bond donors (Lipinski definition) is 0. The van der Waals surface area contributed by atoms with E-state index in [1.807, 2.05) is 36.4 Å². The first-order valence-corrected chi connectivity index (χ1v) is 5.95. The van der Waals surface area contributed by atoms with Crippen molar-refractivity contribution in [3.05, 3.63) is 59.9 Å². The summed E-state index contributed by atoms with van der Waals surface area (Å²) in [5.41, 5.74) is 1.71. The van der Waals surface area contributed by atoms with Crippen molar-refractivity contribution in [3.8, 4) is 6.07 Å². The van der Waals surface area contributed by atoms with E-state index in [4.69, 9.17) is 0 Å². The third-order valence-corrected chi connectivity index (χ3v) is 2.97. The minimum atomic E-state index is -0.498. The zero-order valence-electron chi connectivity index (χ0n) is 10.6. The van der Waals surface area contributed by atoms with Crippen LogP contribution in [0.2, 0.25) is 0 Å². The highest BCUT2D eigenvalue weighted by atomic mass is 16.5. The van der Waals surface area contributed by atoms with Gasteiger partial charge in [-0.05, 0) is 12.0 Å². The first-order valence-electron chi connectivity index (χ1n) is 5.95. The summed E-state index contributed by atoms with van der Waals surface area (Å²) >= 11 is 0. The Kier molecular flexibility index (Phi) is 3.99. The molecule has 0 N–H and O–H groups in total. The van der Waals surface area contributed by atoms with Gasteiger partial charge in [0, 0.05) is 18.3 Å². The van der Waals surface area contributed by atoms with Gasteiger partial charge in [0.25, 0.3) is 0 Å². The maximum Gasteiger partial charge on any atom is 0.417 e. The van der Waals surface area contributed by atoms with Crippen molar-refractivity contribution in [2.24, 2.45) is 5.92 Å². The largest absolute Gasteiger partial charge is 0.452 e. The number of rotatable bonds is 2. The van der Waals surface area contributed by atoms with Crippen LogP contribution in [0, 0.1) is 17.2 Å². The molecule has 1 aromatic carbocycles. The van der Waals surface area contributed by atoms with Crippen LogP contribution in [0.5, 0.6) is 0 Å². The van der Waals surface area contributed by atoms with Gasteiger partial charge in [-0.3, -0.25) is 4.90 Å². The summed E-state index contributed by atoms with van der Waals surface area (Å²) in [6.45, 7) is 0. The van der Waals surface area contributed by atoms with Gasteiger partial charge in [0.1, 0.15) is 0 Å². The smallest absolute Gasteiger partial charge is 0.417 e. The Morgan fingerprint density at radius 3 is 2.79 bits per heavy atom. The zero-order valence-corrected chi connectivity index (χ0v) is 10.6. The first kappa shape index (κ1) is 12.9. The number of allylic oxidation sites excluding steroid dienone is 2. The van der Waals surface area contributed by atoms with Gasteiger partial charge < -0.3 is 4.74 Å². The summed E-state index contributed by atoms with van der Waals surface area (Å²) in [6, 6.07) is 12.1. The van der Waals surface area contributed by atoms with Crippen molar-refractivity contribution in [3.63, 3.8) is 0 Å². The molecular weight excluding hydrogens is 240 g/mol. The van der Waals surface area contributed by atoms with Gasteiger partial charge in [-0.1, -0.05) is 36.4 Å². The van der Waals surface area contributed by atoms with Crippen molar-refractivity contribution in [1.29, 1.82) is 5.26 Å². The number of amides is 1. The third-order valence-electron chi connectivity index (χ3n) is 2.97. The van der Waals surface area contributed by atoms with E-state index in [1.165, 1.54) is 18.2 Å². The van der Waals surface area contributed by atoms with Crippen LogP contribution in [-0.4, -0.2) is 18.1 Å². The second-order valence-corrected chi connectivity index (χ2v) is 4.21. The summed E-state index contributed by atoms with van der Waals surface area (Å²) in [5.74, 6) is -0.00620. The fourth-order valence-corrected chi connectivity index (χ4v) is 1.97. The fourth-order valence-electron chi connectivity index (χ4n) is 1.97. The molecule has 0 bridgehead atoms. The van der Waals surface area contributed by atoms with Gasteiger partial charge in [0.15, 0.2) is 0 Å². The molecule has 1 unspecified atom stereocenters. The molecule has 1 heterocycles. The number of carbonyl (C=O) groups excluding carboxylic acids is 1. The molecule has 96 valence electrons. The summed E-state index contributed by atoms with van der Waals surface area (Å²) < 4.78 is 4.62. The number of ether oxygens (including phenoxy) is 1. The quantitative estimate of drug-likeness (QED) is 0.815. The molecule has 0 spiro atoms. The standard InChI is InChI=1S/C15H14N2O2/c1-19-15(18)17-8-7-13(14(10-16)11-17)9-12-5-3-2-4-6-12/h2-8,11,13H,9H2,1H3. The highest BCUT2D eigenvalue weighted by Gasteiger charge is 2.20. The van der Waals surface area contributed by atoms with E-state index in [2.05, 4.69) is 10.8 Å². The van der Waals surface area contributed by atoms with Crippen LogP contribution in [0.1, 0.15) is 5.56 Å². The van der Waals surface area contributed by atoms with E-state index < -0.39 is 6.09 Å². The van der Waals surface area contributed by atoms with Crippen LogP contribution >= 0.6 is 0 Å². The summed E-state index contributed by atoms with van der Waals surface area (Å²) in [4.78, 5) is 12.7. The first-order chi connectivity index (χ1) is 9.24. The molecule has 1 amide bonds. The second kappa shape index (κ2) is 5.87. The number of benzene rings is 1. The van der Waals surface area contributed by atoms with Gasteiger partial charge in [-0.15, -0.1) is 0 Å². The molecule has 0 aliphatic carbocycles. The molecule has 0 radical (unpaired) electrons. The number of hydrogen-bond acceptors (Lipinski definition) is 3. The maximum absolute atomic E-state index is 11.4. The third kappa shape index (κ3) is 3.02. The van der Waals surface area contributed by atoms with E-state index in [0.29, 0.717) is 5.57 Å². The topological polar surface area (TPSA) is 53.3 Å². The predicted molar refractivity (Wildman–Crippen MR) is 70.7 cm³/mol. The van der Waals surface area contributed by atoms with E-state index >= 15 is 0 Å². The summed E-state index contributed by atoms with van der Waals surface area (Å²) in [6.07, 6.45) is 5.26. The molecule has 1 aromatic rings. The molecular formula is C15H14N2O2. The number of carbonyl (C=O) groups is 1. The van der Waals surface area contributed by atoms with Crippen molar-refractivity contribution in [2.75, 3.05) is 7.11 Å². The minimum absolute atomic E-state index is 0.00620. The lowest BCUT2D eigenvalue weighted by Gasteiger charge is -2.21. The van der Waals surface area contributed by atoms with E-state index in [0.717, 1.165) is 12.0 Å². The van der Waals surface area contributed by atoms with Crippen molar-refractivity contribution in [2.45, 2.75) is 6.42 Å². The average Bonchev–Trinajstić information content (AvgIpc) is 2.48. The van der Waals surface area contributed by atoms with Crippen molar-refractivity contribution < 1.29 is 9.53 Å². The van der Waals surface area contributed by atoms with Crippen molar-refractivity contribution in [1.82, 2.24) is 4.90 Å². The average molecular weight is 254 g/mol. The van der Waals surface area contributed by atoms with Gasteiger partial charge in [-0.2, -0.15) is 5.26 Å². The molecule has 4 nitrogen and oxygen atoms in total. The molecule has 2 rings (SSSR count). The Bertz CT molecular complexity index is 555. The molecule has 0 fully saturated rings. The Balaban J connectivity index is 2.14. The number of nitriles is 1. The van der Waals surface area contributed by atoms with Gasteiger partial charge >= 0.3 is 6.09 Å². The van der Waals surface area contributed by atoms with E-state index in [-0.39, 0.29) is 5.92 Å². The molecule has 4 heteroatoms. The normalized spacial score (nSPS) is 17.6. The lowest BCUT2D eigenvalue weighted by atomic mass is 9.91. The fraction of sp³-hybridized carbons (Fsp3) is 0.200. The lowest BCUT2D eigenvalue weighted by molar-refractivity contribution is 0.151. The highest BCUT2D eigenvalue weighted by Crippen LogP contribution is 2.23. The summed E-state index contributed by atoms with van der Waals surface area (Å²) in [7, 11) is 1.31. The lowest BCUT2D eigenvalue weighted by Crippen LogP contribution is -2.24. The van der Waals surface area contributed by atoms with Crippen LogP contribution in [-0.2, 0) is 11.2 Å². The van der Waals surface area contributed by atoms with Gasteiger partial charge in [0.2, 0.25) is 0 Å². The Hall–Kier alpha value is -2.54. The van der Waals surface area contributed by atoms with Gasteiger partial charge in [-0.25, -0.2) is 4.79 Å². The number of methoxy groups -OCH3 is 1. The van der Waals surface area contributed by atoms with E-state index in [1.54, 1.807) is 6.20 Å². The highest BCUT2D eigenvalue weighted by molar-refractivity contribution is 5.71. The summed E-state index contributed by atoms with van der Waals surface area (Å²) in [5, 5.41) is 9.18. The number of nitrogens with zero attached hydrogens (tertiary/aromatic N) is 2. The molecule has 0 aromatic heterocycles. The Morgan fingerprint density at radius 1 is 1.42 bits per heavy atom. The molecule has 1 aliphatic heterocycles. The Labute approximate surface area is 112 Å². The van der Waals surface area contributed by atoms with Crippen LogP contribution in [0.25, 0.3) is 0 Å². The monoisotopic (exact) mass is 254 g/mol. The van der Waals surface area contributed by atoms with E-state index in [9.17, 15) is 10.1 Å². The Morgan fingerprint density at radius 2 is 2.16 bits per heavy atom. The van der Waals surface area contributed by atoms with Crippen molar-refractivity contribution >= 4 is 6.09 Å². The second-order valence-electron chi connectivity index (χ2n) is 4.21. The molecule has 0 saturated heterocycles. The molecule has 1 aliphatic rings. The van der Waals surface area contributed by atoms with Crippen LogP contribution in [0.15, 0.2) is 54.4 Å². The minimum Gasteiger partial charge on any atom is -0.452 e. The van der Waals surface area contributed by atoms with Gasteiger partial charge in [0.05, 0.1) is 18.8 Å².